The second-order valence-corrected chi connectivity index (χ2v) is 20.9. The van der Waals surface area contributed by atoms with Crippen molar-refractivity contribution in [1.82, 2.24) is 9.80 Å². The summed E-state index contributed by atoms with van der Waals surface area (Å²) < 4.78 is 21.7. The van der Waals surface area contributed by atoms with Crippen molar-refractivity contribution < 1.29 is 47.7 Å². The smallest absolute Gasteiger partial charge is 0.333 e. The van der Waals surface area contributed by atoms with E-state index in [-0.39, 0.29) is 41.7 Å². The fraction of sp³-hybridized carbons (Fsp3) is 0.778. The zero-order chi connectivity index (χ0) is 51.5. The topological polar surface area (TPSA) is 146 Å². The van der Waals surface area contributed by atoms with E-state index in [2.05, 4.69) is 47.4 Å². The van der Waals surface area contributed by atoms with Gasteiger partial charge in [-0.3, -0.25) is 19.2 Å². The van der Waals surface area contributed by atoms with Crippen molar-refractivity contribution in [1.29, 1.82) is 0 Å². The lowest BCUT2D eigenvalue weighted by Crippen LogP contribution is -2.46. The van der Waals surface area contributed by atoms with Gasteiger partial charge in [0.2, 0.25) is 11.8 Å². The molecular weight excluding hydrogens is 837 g/mol. The van der Waals surface area contributed by atoms with E-state index >= 15 is 0 Å². The molecule has 0 spiro atoms. The maximum atomic E-state index is 13.5. The number of hydrogen-bond acceptors (Lipinski definition) is 10. The minimum absolute atomic E-state index is 0.108. The number of ether oxygens (including phenoxy) is 4. The van der Waals surface area contributed by atoms with Gasteiger partial charge < -0.3 is 28.7 Å². The quantitative estimate of drug-likeness (QED) is 0.0551. The maximum absolute atomic E-state index is 13.5. The van der Waals surface area contributed by atoms with Crippen molar-refractivity contribution in [2.24, 2.45) is 22.7 Å². The summed E-state index contributed by atoms with van der Waals surface area (Å²) in [5.41, 5.74) is -1.86. The average molecular weight is 933 g/mol. The number of unbranched alkanes of at least 4 members (excludes halogenated alkanes) is 2. The molecule has 0 aromatic carbocycles. The van der Waals surface area contributed by atoms with Gasteiger partial charge in [0.1, 0.15) is 11.2 Å². The molecule has 66 heavy (non-hydrogen) atoms. The van der Waals surface area contributed by atoms with E-state index < -0.39 is 22.0 Å². The van der Waals surface area contributed by atoms with Crippen LogP contribution < -0.4 is 0 Å². The molecule has 2 amide bonds. The first-order chi connectivity index (χ1) is 30.5. The molecule has 12 heteroatoms. The minimum atomic E-state index is -0.925. The number of esters is 4. The first-order valence-electron chi connectivity index (χ1n) is 24.8. The standard InChI is InChI=1S/C28H51NO5.C12H22O2.C8H14O2.C6H9NO/c1-10-13-15-22(11-2)19-33-24(31)27(8,12-3)20-28(9,25(32)34-26(5,6)7)18-21(4)29-17-14-16-23(29)30;1-5-7-8-11(6-2)9-14-12(13)10(3)4;1-6(2)7(9)10-8(3,4)5;1-2-7-5-3-4-6(7)8/h21-22H,10-20H2,1-9H3;11H,3,5-9H2,1-2,4H3;1H2,2-5H3;2H,1,3-5H2. The van der Waals surface area contributed by atoms with Gasteiger partial charge in [0.15, 0.2) is 0 Å². The molecule has 2 saturated heterocycles. The van der Waals surface area contributed by atoms with E-state index in [0.29, 0.717) is 74.8 Å². The molecule has 12 nitrogen and oxygen atoms in total. The summed E-state index contributed by atoms with van der Waals surface area (Å²) in [7, 11) is 0. The van der Waals surface area contributed by atoms with Crippen molar-refractivity contribution in [3.8, 4) is 0 Å². The lowest BCUT2D eigenvalue weighted by atomic mass is 9.68. The Kier molecular flexibility index (Phi) is 31.0. The third-order valence-corrected chi connectivity index (χ3v) is 11.7. The SMILES string of the molecule is C=C(C)C(=O)OC(C)(C)C.C=C(C)C(=O)OCC(CC)CCCC.C=CN1CCCC1=O.CCCCC(CC)COC(=O)C(C)(CC)CC(C)(CC(C)N1CCCC1=O)C(=O)OC(C)(C)C. The fourth-order valence-corrected chi connectivity index (χ4v) is 7.44. The Labute approximate surface area is 402 Å². The Hall–Kier alpha value is -3.96. The predicted molar refractivity (Wildman–Crippen MR) is 267 cm³/mol. The van der Waals surface area contributed by atoms with E-state index in [9.17, 15) is 28.8 Å². The number of amides is 2. The summed E-state index contributed by atoms with van der Waals surface area (Å²) in [6, 6.07) is -0.108. The number of carbonyl (C=O) groups is 6. The Morgan fingerprint density at radius 3 is 1.47 bits per heavy atom. The van der Waals surface area contributed by atoms with Crippen molar-refractivity contribution in [3.05, 3.63) is 37.1 Å². The predicted octanol–water partition coefficient (Wildman–Crippen LogP) is 12.3. The van der Waals surface area contributed by atoms with E-state index in [0.717, 1.165) is 57.9 Å². The van der Waals surface area contributed by atoms with Crippen molar-refractivity contribution in [2.75, 3.05) is 26.3 Å². The Morgan fingerprint density at radius 1 is 0.667 bits per heavy atom. The number of carbonyl (C=O) groups excluding carboxylic acids is 6. The van der Waals surface area contributed by atoms with Crippen LogP contribution in [0.1, 0.15) is 207 Å². The van der Waals surface area contributed by atoms with Gasteiger partial charge in [0.05, 0.1) is 24.0 Å². The number of nitrogens with zero attached hydrogens (tertiary/aromatic N) is 2. The highest BCUT2D eigenvalue weighted by Gasteiger charge is 2.48. The zero-order valence-electron chi connectivity index (χ0n) is 44.8. The summed E-state index contributed by atoms with van der Waals surface area (Å²) in [6.45, 7) is 43.8. The minimum Gasteiger partial charge on any atom is -0.465 e. The molecule has 0 aliphatic carbocycles. The summed E-state index contributed by atoms with van der Waals surface area (Å²) in [5, 5.41) is 0. The molecule has 2 aliphatic heterocycles. The van der Waals surface area contributed by atoms with Crippen LogP contribution in [0, 0.1) is 22.7 Å². The van der Waals surface area contributed by atoms with Gasteiger partial charge in [-0.15, -0.1) is 0 Å². The summed E-state index contributed by atoms with van der Waals surface area (Å²) in [6.07, 6.45) is 15.0. The number of hydrogen-bond donors (Lipinski definition) is 0. The molecule has 0 bridgehead atoms. The van der Waals surface area contributed by atoms with Crippen molar-refractivity contribution in [2.45, 2.75) is 224 Å². The molecule has 2 rings (SSSR count). The third-order valence-electron chi connectivity index (χ3n) is 11.7. The normalized spacial score (nSPS) is 16.8. The zero-order valence-corrected chi connectivity index (χ0v) is 44.8. The molecule has 5 atom stereocenters. The molecule has 382 valence electrons. The highest BCUT2D eigenvalue weighted by molar-refractivity contribution is 5.87. The molecule has 0 radical (unpaired) electrons. The van der Waals surface area contributed by atoms with Crippen LogP contribution in [0.15, 0.2) is 37.1 Å². The van der Waals surface area contributed by atoms with Crippen LogP contribution in [0.4, 0.5) is 0 Å². The van der Waals surface area contributed by atoms with Gasteiger partial charge in [0.25, 0.3) is 0 Å². The lowest BCUT2D eigenvalue weighted by Gasteiger charge is -2.40. The van der Waals surface area contributed by atoms with Crippen LogP contribution in [-0.2, 0) is 47.7 Å². The first-order valence-corrected chi connectivity index (χ1v) is 24.8. The van der Waals surface area contributed by atoms with Gasteiger partial charge in [-0.25, -0.2) is 9.59 Å². The Morgan fingerprint density at radius 2 is 1.14 bits per heavy atom. The van der Waals surface area contributed by atoms with E-state index in [1.165, 1.54) is 12.8 Å². The first kappa shape index (κ1) is 64.1. The van der Waals surface area contributed by atoms with Crippen LogP contribution in [-0.4, -0.2) is 89.0 Å². The van der Waals surface area contributed by atoms with Gasteiger partial charge in [0, 0.05) is 43.1 Å². The van der Waals surface area contributed by atoms with Crippen molar-refractivity contribution >= 4 is 35.7 Å². The van der Waals surface area contributed by atoms with Crippen molar-refractivity contribution in [3.63, 3.8) is 0 Å². The molecule has 2 heterocycles. The average Bonchev–Trinajstić information content (AvgIpc) is 3.86. The molecule has 2 aliphatic rings. The Balaban J connectivity index is 0. The number of likely N-dealkylation sites (tertiary alicyclic amines) is 2. The second kappa shape index (κ2) is 31.9. The van der Waals surface area contributed by atoms with Gasteiger partial charge in [-0.1, -0.05) is 92.9 Å². The lowest BCUT2D eigenvalue weighted by molar-refractivity contribution is -0.174. The molecule has 0 aromatic heterocycles. The van der Waals surface area contributed by atoms with Crippen LogP contribution in [0.3, 0.4) is 0 Å². The summed E-state index contributed by atoms with van der Waals surface area (Å²) >= 11 is 0. The van der Waals surface area contributed by atoms with E-state index in [1.54, 1.807) is 24.9 Å². The molecule has 0 saturated carbocycles. The highest BCUT2D eigenvalue weighted by Crippen LogP contribution is 2.43. The monoisotopic (exact) mass is 933 g/mol. The Bertz CT molecular complexity index is 1540. The molecule has 0 N–H and O–H groups in total. The summed E-state index contributed by atoms with van der Waals surface area (Å²) in [4.78, 5) is 75.3. The van der Waals surface area contributed by atoms with Gasteiger partial charge in [-0.2, -0.15) is 0 Å². The second-order valence-electron chi connectivity index (χ2n) is 20.9. The third kappa shape index (κ3) is 27.0. The molecule has 5 unspecified atom stereocenters. The van der Waals surface area contributed by atoms with Crippen LogP contribution in [0.5, 0.6) is 0 Å². The molecular formula is C54H96N2O10. The molecule has 0 aromatic rings. The van der Waals surface area contributed by atoms with E-state index in [4.69, 9.17) is 18.9 Å². The summed E-state index contributed by atoms with van der Waals surface area (Å²) in [5.74, 6) is 0.0634. The van der Waals surface area contributed by atoms with Crippen LogP contribution >= 0.6 is 0 Å². The maximum Gasteiger partial charge on any atom is 0.333 e. The van der Waals surface area contributed by atoms with Gasteiger partial charge >= 0.3 is 23.9 Å². The molecule has 2 fully saturated rings. The number of rotatable bonds is 23. The largest absolute Gasteiger partial charge is 0.465 e. The fourth-order valence-electron chi connectivity index (χ4n) is 7.44. The van der Waals surface area contributed by atoms with Crippen LogP contribution in [0.25, 0.3) is 0 Å². The highest BCUT2D eigenvalue weighted by atomic mass is 16.6. The van der Waals surface area contributed by atoms with E-state index in [1.807, 2.05) is 74.1 Å². The van der Waals surface area contributed by atoms with Gasteiger partial charge in [-0.05, 0) is 139 Å². The van der Waals surface area contributed by atoms with Crippen LogP contribution in [0.2, 0.25) is 0 Å².